The summed E-state index contributed by atoms with van der Waals surface area (Å²) in [6.45, 7) is 2.90. The Labute approximate surface area is 115 Å². The third-order valence-electron chi connectivity index (χ3n) is 2.16. The largest absolute Gasteiger partial charge is 0.396 e. The molecular weight excluding hydrogens is 277 g/mol. The highest BCUT2D eigenvalue weighted by Gasteiger charge is 2.14. The Morgan fingerprint density at radius 3 is 2.22 bits per heavy atom. The van der Waals surface area contributed by atoms with Crippen LogP contribution >= 0.6 is 23.2 Å². The lowest BCUT2D eigenvalue weighted by atomic mass is 10.2. The average molecular weight is 290 g/mol. The summed E-state index contributed by atoms with van der Waals surface area (Å²) in [5.41, 5.74) is 6.25. The highest BCUT2D eigenvalue weighted by Crippen LogP contribution is 2.31. The zero-order valence-electron chi connectivity index (χ0n) is 9.88. The van der Waals surface area contributed by atoms with Gasteiger partial charge < -0.3 is 16.4 Å². The molecule has 7 heteroatoms. The summed E-state index contributed by atoms with van der Waals surface area (Å²) in [4.78, 5) is 22.5. The second-order valence-electron chi connectivity index (χ2n) is 3.77. The van der Waals surface area contributed by atoms with Gasteiger partial charge in [0.2, 0.25) is 11.8 Å². The predicted molar refractivity (Wildman–Crippen MR) is 72.8 cm³/mol. The van der Waals surface area contributed by atoms with Crippen LogP contribution in [0.2, 0.25) is 10.0 Å². The van der Waals surface area contributed by atoms with E-state index in [1.807, 2.05) is 0 Å². The first kappa shape index (κ1) is 14.6. The standard InChI is InChI=1S/C11H13Cl2N3O2/c1-5(15-6(2)17)11(18)16-7-3-8(12)10(14)9(13)4-7/h3-5H,14H2,1-2H3,(H,15,17)(H,16,18). The molecule has 1 unspecified atom stereocenters. The van der Waals surface area contributed by atoms with Gasteiger partial charge in [-0.1, -0.05) is 23.2 Å². The number of halogens is 2. The molecule has 0 heterocycles. The van der Waals surface area contributed by atoms with Crippen LogP contribution in [0.5, 0.6) is 0 Å². The maximum absolute atomic E-state index is 11.7. The number of rotatable bonds is 3. The molecule has 0 aliphatic carbocycles. The Morgan fingerprint density at radius 2 is 1.78 bits per heavy atom. The van der Waals surface area contributed by atoms with E-state index in [-0.39, 0.29) is 27.5 Å². The van der Waals surface area contributed by atoms with E-state index in [0.29, 0.717) is 5.69 Å². The number of anilines is 2. The minimum absolute atomic E-state index is 0.255. The van der Waals surface area contributed by atoms with Crippen LogP contribution in [0, 0.1) is 0 Å². The second kappa shape index (κ2) is 5.93. The molecule has 4 N–H and O–H groups in total. The van der Waals surface area contributed by atoms with Gasteiger partial charge in [-0.05, 0) is 19.1 Å². The summed E-state index contributed by atoms with van der Waals surface area (Å²) in [6.07, 6.45) is 0. The highest BCUT2D eigenvalue weighted by atomic mass is 35.5. The summed E-state index contributed by atoms with van der Waals surface area (Å²) in [5, 5.41) is 5.55. The molecule has 1 atom stereocenters. The van der Waals surface area contributed by atoms with E-state index >= 15 is 0 Å². The normalized spacial score (nSPS) is 11.8. The molecule has 0 fully saturated rings. The zero-order chi connectivity index (χ0) is 13.9. The van der Waals surface area contributed by atoms with Crippen molar-refractivity contribution >= 4 is 46.4 Å². The van der Waals surface area contributed by atoms with Gasteiger partial charge in [-0.25, -0.2) is 0 Å². The first-order valence-electron chi connectivity index (χ1n) is 5.13. The van der Waals surface area contributed by atoms with Crippen molar-refractivity contribution in [2.24, 2.45) is 0 Å². The first-order valence-corrected chi connectivity index (χ1v) is 5.89. The lowest BCUT2D eigenvalue weighted by molar-refractivity contribution is -0.124. The zero-order valence-corrected chi connectivity index (χ0v) is 11.4. The maximum Gasteiger partial charge on any atom is 0.246 e. The molecule has 98 valence electrons. The molecule has 0 aromatic heterocycles. The third kappa shape index (κ3) is 3.78. The molecule has 0 spiro atoms. The summed E-state index contributed by atoms with van der Waals surface area (Å²) in [7, 11) is 0. The first-order chi connectivity index (χ1) is 8.31. The number of amides is 2. The van der Waals surface area contributed by atoms with Gasteiger partial charge in [-0.2, -0.15) is 0 Å². The van der Waals surface area contributed by atoms with Gasteiger partial charge in [0.1, 0.15) is 6.04 Å². The van der Waals surface area contributed by atoms with Crippen LogP contribution in [0.25, 0.3) is 0 Å². The smallest absolute Gasteiger partial charge is 0.246 e. The van der Waals surface area contributed by atoms with E-state index in [9.17, 15) is 9.59 Å². The number of carbonyl (C=O) groups is 2. The summed E-state index contributed by atoms with van der Waals surface area (Å²) in [5.74, 6) is -0.659. The number of benzene rings is 1. The number of hydrogen-bond donors (Lipinski definition) is 3. The van der Waals surface area contributed by atoms with Crippen LogP contribution in [0.3, 0.4) is 0 Å². The molecule has 2 amide bonds. The van der Waals surface area contributed by atoms with Gasteiger partial charge in [-0.15, -0.1) is 0 Å². The summed E-state index contributed by atoms with van der Waals surface area (Å²) >= 11 is 11.7. The van der Waals surface area contributed by atoms with E-state index in [0.717, 1.165) is 0 Å². The Balaban J connectivity index is 2.79. The fraction of sp³-hybridized carbons (Fsp3) is 0.273. The Kier molecular flexibility index (Phi) is 4.81. The topological polar surface area (TPSA) is 84.2 Å². The molecule has 0 radical (unpaired) electrons. The molecule has 1 rings (SSSR count). The van der Waals surface area contributed by atoms with Crippen LogP contribution in [0.1, 0.15) is 13.8 Å². The minimum atomic E-state index is -0.655. The van der Waals surface area contributed by atoms with Crippen LogP contribution < -0.4 is 16.4 Å². The average Bonchev–Trinajstić information content (AvgIpc) is 2.24. The maximum atomic E-state index is 11.7. The fourth-order valence-electron chi connectivity index (χ4n) is 1.28. The molecule has 1 aromatic carbocycles. The van der Waals surface area contributed by atoms with E-state index in [2.05, 4.69) is 10.6 Å². The molecule has 0 aliphatic heterocycles. The second-order valence-corrected chi connectivity index (χ2v) is 4.58. The van der Waals surface area contributed by atoms with Gasteiger partial charge in [0, 0.05) is 12.6 Å². The number of nitrogens with two attached hydrogens (primary N) is 1. The minimum Gasteiger partial charge on any atom is -0.396 e. The van der Waals surface area contributed by atoms with Crippen molar-refractivity contribution in [3.8, 4) is 0 Å². The molecule has 1 aromatic rings. The number of nitrogens with one attached hydrogen (secondary N) is 2. The van der Waals surface area contributed by atoms with E-state index in [4.69, 9.17) is 28.9 Å². The van der Waals surface area contributed by atoms with Crippen LogP contribution in [0.15, 0.2) is 12.1 Å². The fourth-order valence-corrected chi connectivity index (χ4v) is 1.76. The molecule has 0 bridgehead atoms. The molecule has 0 saturated carbocycles. The SMILES string of the molecule is CC(=O)NC(C)C(=O)Nc1cc(Cl)c(N)c(Cl)c1. The van der Waals surface area contributed by atoms with Crippen LogP contribution in [-0.2, 0) is 9.59 Å². The highest BCUT2D eigenvalue weighted by molar-refractivity contribution is 6.39. The number of hydrogen-bond acceptors (Lipinski definition) is 3. The van der Waals surface area contributed by atoms with E-state index < -0.39 is 6.04 Å². The van der Waals surface area contributed by atoms with Crippen molar-refractivity contribution in [2.45, 2.75) is 19.9 Å². The number of carbonyl (C=O) groups excluding carboxylic acids is 2. The van der Waals surface area contributed by atoms with Gasteiger partial charge in [0.25, 0.3) is 0 Å². The predicted octanol–water partition coefficient (Wildman–Crippen LogP) is 2.04. The van der Waals surface area contributed by atoms with Crippen molar-refractivity contribution in [1.29, 1.82) is 0 Å². The monoisotopic (exact) mass is 289 g/mol. The lowest BCUT2D eigenvalue weighted by Gasteiger charge is -2.13. The van der Waals surface area contributed by atoms with Gasteiger partial charge in [0.05, 0.1) is 15.7 Å². The summed E-state index contributed by atoms with van der Waals surface area (Å²) in [6, 6.07) is 2.32. The van der Waals surface area contributed by atoms with Crippen LogP contribution in [-0.4, -0.2) is 17.9 Å². The lowest BCUT2D eigenvalue weighted by Crippen LogP contribution is -2.40. The quantitative estimate of drug-likeness (QED) is 0.745. The molecular formula is C11H13Cl2N3O2. The molecule has 0 aliphatic rings. The van der Waals surface area contributed by atoms with Gasteiger partial charge in [0.15, 0.2) is 0 Å². The van der Waals surface area contributed by atoms with Crippen molar-refractivity contribution in [3.05, 3.63) is 22.2 Å². The van der Waals surface area contributed by atoms with Crippen LogP contribution in [0.4, 0.5) is 11.4 Å². The Morgan fingerprint density at radius 1 is 1.28 bits per heavy atom. The van der Waals surface area contributed by atoms with E-state index in [1.165, 1.54) is 19.1 Å². The van der Waals surface area contributed by atoms with Crippen molar-refractivity contribution in [3.63, 3.8) is 0 Å². The van der Waals surface area contributed by atoms with Crippen molar-refractivity contribution in [1.82, 2.24) is 5.32 Å². The summed E-state index contributed by atoms with van der Waals surface area (Å²) < 4.78 is 0. The Bertz CT molecular complexity index is 468. The number of nitrogen functional groups attached to an aromatic ring is 1. The van der Waals surface area contributed by atoms with Crippen molar-refractivity contribution in [2.75, 3.05) is 11.1 Å². The van der Waals surface area contributed by atoms with E-state index in [1.54, 1.807) is 6.92 Å². The third-order valence-corrected chi connectivity index (χ3v) is 2.79. The molecule has 5 nitrogen and oxygen atoms in total. The molecule has 18 heavy (non-hydrogen) atoms. The van der Waals surface area contributed by atoms with Crippen molar-refractivity contribution < 1.29 is 9.59 Å². The van der Waals surface area contributed by atoms with Gasteiger partial charge in [-0.3, -0.25) is 9.59 Å². The molecule has 0 saturated heterocycles. The Hall–Kier alpha value is -1.46. The van der Waals surface area contributed by atoms with Gasteiger partial charge >= 0.3 is 0 Å².